The molecule has 0 aliphatic carbocycles. The monoisotopic (exact) mass is 384 g/mol. The molecule has 1 aromatic rings. The third-order valence-corrected chi connectivity index (χ3v) is 9.37. The van der Waals surface area contributed by atoms with Crippen molar-refractivity contribution < 1.29 is 9.53 Å². The van der Waals surface area contributed by atoms with E-state index in [4.69, 9.17) is 4.43 Å². The molecule has 4 heteroatoms. The van der Waals surface area contributed by atoms with E-state index >= 15 is 0 Å². The number of benzene rings is 1. The van der Waals surface area contributed by atoms with E-state index in [1.165, 1.54) is 0 Å². The summed E-state index contributed by atoms with van der Waals surface area (Å²) in [6.45, 7) is 14.9. The normalized spacial score (nSPS) is 15.4. The lowest BCUT2D eigenvalue weighted by atomic mass is 10.0. The van der Waals surface area contributed by atoms with Crippen molar-refractivity contribution in [3.8, 4) is 0 Å². The van der Waals surface area contributed by atoms with Gasteiger partial charge in [0.2, 0.25) is 0 Å². The van der Waals surface area contributed by atoms with E-state index in [2.05, 4.69) is 68.5 Å². The van der Waals surface area contributed by atoms with E-state index < -0.39 is 14.4 Å². The van der Waals surface area contributed by atoms with Gasteiger partial charge in [0.25, 0.3) is 0 Å². The van der Waals surface area contributed by atoms with Crippen LogP contribution in [0.5, 0.6) is 0 Å². The summed E-state index contributed by atoms with van der Waals surface area (Å²) in [5.74, 6) is 0. The second kappa shape index (κ2) is 7.91. The lowest BCUT2D eigenvalue weighted by molar-refractivity contribution is 0.0879. The summed E-state index contributed by atoms with van der Waals surface area (Å²) in [7, 11) is -1.91. The second-order valence-corrected chi connectivity index (χ2v) is 13.0. The van der Waals surface area contributed by atoms with E-state index in [0.29, 0.717) is 12.8 Å². The highest BCUT2D eigenvalue weighted by Crippen LogP contribution is 2.41. The molecule has 0 bridgehead atoms. The zero-order valence-electron chi connectivity index (χ0n) is 14.4. The molecule has 0 aromatic heterocycles. The van der Waals surface area contributed by atoms with Gasteiger partial charge < -0.3 is 9.53 Å². The largest absolute Gasteiger partial charge is 0.410 e. The Morgan fingerprint density at radius 2 is 2.00 bits per heavy atom. The van der Waals surface area contributed by atoms with Crippen LogP contribution < -0.4 is 0 Å². The van der Waals surface area contributed by atoms with Crippen LogP contribution in [0, 0.1) is 0 Å². The van der Waals surface area contributed by atoms with Crippen LogP contribution in [0.15, 0.2) is 41.4 Å². The van der Waals surface area contributed by atoms with Gasteiger partial charge in [-0.05, 0) is 42.2 Å². The van der Waals surface area contributed by atoms with E-state index in [9.17, 15) is 5.11 Å². The fourth-order valence-corrected chi connectivity index (χ4v) is 3.74. The Labute approximate surface area is 144 Å². The molecule has 0 radical (unpaired) electrons. The highest BCUT2D eigenvalue weighted by Gasteiger charge is 2.39. The van der Waals surface area contributed by atoms with Crippen LogP contribution in [-0.4, -0.2) is 19.5 Å². The number of aliphatic hydroxyl groups excluding tert-OH is 1. The molecule has 2 nitrogen and oxygen atoms in total. The number of aliphatic hydroxyl groups is 1. The van der Waals surface area contributed by atoms with Crippen molar-refractivity contribution in [3.63, 3.8) is 0 Å². The van der Waals surface area contributed by atoms with Gasteiger partial charge in [0.1, 0.15) is 0 Å². The fourth-order valence-electron chi connectivity index (χ4n) is 2.03. The standard InChI is InChI=1S/C18H29BrO2Si/c1-7-9-16(20)13-17(14-10-8-11-15(19)12-14)21-22(5,6)18(2,3)4/h7-8,10-12,16-17,20H,1,9,13H2,2-6H3. The smallest absolute Gasteiger partial charge is 0.192 e. The summed E-state index contributed by atoms with van der Waals surface area (Å²) < 4.78 is 7.62. The highest BCUT2D eigenvalue weighted by molar-refractivity contribution is 9.10. The number of rotatable bonds is 7. The Bertz CT molecular complexity index is 494. The number of hydrogen-bond donors (Lipinski definition) is 1. The first kappa shape index (κ1) is 19.6. The molecule has 0 aliphatic heterocycles. The molecule has 22 heavy (non-hydrogen) atoms. The van der Waals surface area contributed by atoms with Gasteiger partial charge in [-0.1, -0.05) is 54.9 Å². The van der Waals surface area contributed by atoms with Crippen LogP contribution in [0.25, 0.3) is 0 Å². The maximum absolute atomic E-state index is 10.2. The van der Waals surface area contributed by atoms with Gasteiger partial charge in [0.15, 0.2) is 8.32 Å². The maximum Gasteiger partial charge on any atom is 0.192 e. The first-order valence-electron chi connectivity index (χ1n) is 7.79. The summed E-state index contributed by atoms with van der Waals surface area (Å²) in [6, 6.07) is 8.18. The number of halogens is 1. The van der Waals surface area contributed by atoms with Gasteiger partial charge in [0.05, 0.1) is 12.2 Å². The molecule has 0 saturated carbocycles. The van der Waals surface area contributed by atoms with Crippen molar-refractivity contribution in [3.05, 3.63) is 47.0 Å². The minimum atomic E-state index is -1.91. The summed E-state index contributed by atoms with van der Waals surface area (Å²) >= 11 is 3.52. The van der Waals surface area contributed by atoms with Gasteiger partial charge in [-0.15, -0.1) is 6.58 Å². The van der Waals surface area contributed by atoms with Crippen LogP contribution in [-0.2, 0) is 4.43 Å². The third kappa shape index (κ3) is 5.65. The Kier molecular flexibility index (Phi) is 7.05. The van der Waals surface area contributed by atoms with Crippen molar-refractivity contribution >= 4 is 24.2 Å². The average Bonchev–Trinajstić information content (AvgIpc) is 2.36. The van der Waals surface area contributed by atoms with Crippen molar-refractivity contribution in [2.24, 2.45) is 0 Å². The van der Waals surface area contributed by atoms with Crippen molar-refractivity contribution in [2.45, 2.75) is 64.0 Å². The molecule has 0 spiro atoms. The summed E-state index contributed by atoms with van der Waals surface area (Å²) in [4.78, 5) is 0. The van der Waals surface area contributed by atoms with Crippen LogP contribution in [0.1, 0.15) is 45.3 Å². The van der Waals surface area contributed by atoms with Gasteiger partial charge in [0, 0.05) is 10.9 Å². The summed E-state index contributed by atoms with van der Waals surface area (Å²) in [6.07, 6.45) is 2.43. The topological polar surface area (TPSA) is 29.5 Å². The fraction of sp³-hybridized carbons (Fsp3) is 0.556. The van der Waals surface area contributed by atoms with E-state index in [1.807, 2.05) is 12.1 Å². The Hall–Kier alpha value is -0.423. The molecule has 0 amide bonds. The molecule has 0 aliphatic rings. The van der Waals surface area contributed by atoms with Crippen molar-refractivity contribution in [1.82, 2.24) is 0 Å². The highest BCUT2D eigenvalue weighted by atomic mass is 79.9. The van der Waals surface area contributed by atoms with E-state index in [0.717, 1.165) is 10.0 Å². The van der Waals surface area contributed by atoms with Crippen LogP contribution in [0.4, 0.5) is 0 Å². The predicted octanol–water partition coefficient (Wildman–Crippen LogP) is 5.84. The molecular formula is C18H29BrO2Si. The second-order valence-electron chi connectivity index (χ2n) is 7.34. The Morgan fingerprint density at radius 1 is 1.36 bits per heavy atom. The van der Waals surface area contributed by atoms with Crippen LogP contribution in [0.2, 0.25) is 18.1 Å². The first-order chi connectivity index (χ1) is 10.1. The van der Waals surface area contributed by atoms with Crippen LogP contribution >= 0.6 is 15.9 Å². The number of hydrogen-bond acceptors (Lipinski definition) is 2. The predicted molar refractivity (Wildman–Crippen MR) is 101 cm³/mol. The van der Waals surface area contributed by atoms with Gasteiger partial charge in [-0.2, -0.15) is 0 Å². The molecule has 2 unspecified atom stereocenters. The molecular weight excluding hydrogens is 356 g/mol. The van der Waals surface area contributed by atoms with Gasteiger partial charge >= 0.3 is 0 Å². The SMILES string of the molecule is C=CCC(O)CC(O[Si](C)(C)C(C)(C)C)c1cccc(Br)c1. The van der Waals surface area contributed by atoms with Crippen molar-refractivity contribution in [2.75, 3.05) is 0 Å². The Balaban J connectivity index is 3.04. The molecule has 124 valence electrons. The summed E-state index contributed by atoms with van der Waals surface area (Å²) in [5, 5.41) is 10.3. The molecule has 0 heterocycles. The van der Waals surface area contributed by atoms with Gasteiger partial charge in [-0.3, -0.25) is 0 Å². The van der Waals surface area contributed by atoms with Crippen LogP contribution in [0.3, 0.4) is 0 Å². The lowest BCUT2D eigenvalue weighted by Crippen LogP contribution is -2.42. The quantitative estimate of drug-likeness (QED) is 0.472. The maximum atomic E-state index is 10.2. The zero-order chi connectivity index (χ0) is 17.0. The average molecular weight is 385 g/mol. The molecule has 2 atom stereocenters. The minimum absolute atomic E-state index is 0.0895. The third-order valence-electron chi connectivity index (χ3n) is 4.39. The molecule has 1 aromatic carbocycles. The lowest BCUT2D eigenvalue weighted by Gasteiger charge is -2.40. The molecule has 1 rings (SSSR count). The minimum Gasteiger partial charge on any atom is -0.410 e. The summed E-state index contributed by atoms with van der Waals surface area (Å²) in [5.41, 5.74) is 1.11. The molecule has 0 saturated heterocycles. The molecule has 1 N–H and O–H groups in total. The first-order valence-corrected chi connectivity index (χ1v) is 11.5. The van der Waals surface area contributed by atoms with Gasteiger partial charge in [-0.25, -0.2) is 0 Å². The zero-order valence-corrected chi connectivity index (χ0v) is 17.0. The van der Waals surface area contributed by atoms with E-state index in [-0.39, 0.29) is 11.1 Å². The Morgan fingerprint density at radius 3 is 2.50 bits per heavy atom. The molecule has 0 fully saturated rings. The van der Waals surface area contributed by atoms with E-state index in [1.54, 1.807) is 6.08 Å². The van der Waals surface area contributed by atoms with Crippen molar-refractivity contribution in [1.29, 1.82) is 0 Å².